The molecule has 9 nitrogen and oxygen atoms in total. The van der Waals surface area contributed by atoms with Crippen molar-refractivity contribution in [3.05, 3.63) is 27.8 Å². The predicted octanol–water partition coefficient (Wildman–Crippen LogP) is 2.66. The van der Waals surface area contributed by atoms with Crippen LogP contribution in [-0.2, 0) is 24.6 Å². The van der Waals surface area contributed by atoms with Gasteiger partial charge in [-0.15, -0.1) is 0 Å². The SMILES string of the molecule is COc1cc(COCCCC[Si](OC)(OC)OC)c([N+](=O)[O-])c(O[CH2][Rf])c1. The fourth-order valence-electron chi connectivity index (χ4n) is 2.58. The van der Waals surface area contributed by atoms with E-state index < -0.39 is 13.7 Å². The Labute approximate surface area is 154 Å². The minimum atomic E-state index is -2.57. The molecule has 0 fully saturated rings. The zero-order valence-corrected chi connectivity index (χ0v) is 23.7. The number of benzene rings is 1. The Balaban J connectivity index is 2.66. The number of hydrogen-bond acceptors (Lipinski definition) is 8. The van der Waals surface area contributed by atoms with Crippen molar-refractivity contribution >= 4 is 14.5 Å². The molecule has 0 heterocycles. The van der Waals surface area contributed by atoms with E-state index in [1.807, 2.05) is 0 Å². The molecule has 0 aliphatic carbocycles. The number of ether oxygens (including phenoxy) is 3. The van der Waals surface area contributed by atoms with Gasteiger partial charge in [0, 0.05) is 21.3 Å². The summed E-state index contributed by atoms with van der Waals surface area (Å²) in [5.74, 6) is 0.738. The van der Waals surface area contributed by atoms with Crippen molar-refractivity contribution in [3.8, 4) is 11.5 Å². The molecule has 1 rings (SSSR count). The molecule has 0 amide bonds. The fraction of sp³-hybridized carbons (Fsp3) is 0.625. The summed E-state index contributed by atoms with van der Waals surface area (Å²) >= 11 is 0. The van der Waals surface area contributed by atoms with Crippen LogP contribution in [0, 0.1) is 10.1 Å². The molecule has 0 aromatic heterocycles. The van der Waals surface area contributed by atoms with Crippen LogP contribution in [-0.4, -0.2) is 55.9 Å². The second kappa shape index (κ2) is 11.1. The molecule has 0 saturated carbocycles. The van der Waals surface area contributed by atoms with E-state index in [0.717, 1.165) is 12.8 Å². The van der Waals surface area contributed by atoms with Gasteiger partial charge in [0.1, 0.15) is 0 Å². The number of nitro groups is 1. The average Bonchev–Trinajstić information content (AvgIpc) is 2.67. The standard InChI is InChI=1S/C16H26NO8Si.Rf/c1-20-14-10-13(16(17(18)19)15(11-14)21-2)12-25-8-6-7-9-26(22-3,23-4)24-5;/h10-11H,2,6-9,12H2,1,3-5H3;. The summed E-state index contributed by atoms with van der Waals surface area (Å²) in [6.07, 6.45) is 1.56. The van der Waals surface area contributed by atoms with Gasteiger partial charge in [0.25, 0.3) is 0 Å². The van der Waals surface area contributed by atoms with Gasteiger partial charge in [-0.1, -0.05) is 0 Å². The summed E-state index contributed by atoms with van der Waals surface area (Å²) in [6.45, 7) is 0.564. The van der Waals surface area contributed by atoms with Gasteiger partial charge in [-0.25, -0.2) is 0 Å². The van der Waals surface area contributed by atoms with Crippen molar-refractivity contribution in [1.29, 1.82) is 0 Å². The molecule has 11 heteroatoms. The van der Waals surface area contributed by atoms with E-state index in [0.29, 0.717) is 31.1 Å². The van der Waals surface area contributed by atoms with Crippen LogP contribution in [0.25, 0.3) is 0 Å². The molecule has 0 aliphatic rings. The monoisotopic (exact) mass is 655 g/mol. The quantitative estimate of drug-likeness (QED) is 0.131. The first-order valence-corrected chi connectivity index (χ1v) is 14.9. The van der Waals surface area contributed by atoms with Gasteiger partial charge in [0.05, 0.1) is 0 Å². The van der Waals surface area contributed by atoms with Crippen LogP contribution in [0.3, 0.4) is 0 Å². The van der Waals surface area contributed by atoms with Crippen LogP contribution >= 0.6 is 0 Å². The third-order valence-electron chi connectivity index (χ3n) is 4.02. The van der Waals surface area contributed by atoms with Crippen LogP contribution in [0.4, 0.5) is 5.69 Å². The Morgan fingerprint density at radius 1 is 1.11 bits per heavy atom. The van der Waals surface area contributed by atoms with Crippen molar-refractivity contribution in [2.24, 2.45) is 0 Å². The molecule has 0 radical (unpaired) electrons. The number of nitro benzene ring substituents is 1. The molecule has 0 unspecified atom stereocenters. The van der Waals surface area contributed by atoms with Crippen LogP contribution in [0.5, 0.6) is 11.5 Å². The van der Waals surface area contributed by atoms with E-state index in [9.17, 15) is 10.1 Å². The van der Waals surface area contributed by atoms with Crippen LogP contribution in [0.15, 0.2) is 12.1 Å². The fourth-order valence-corrected chi connectivity index (χ4v) is 5.37. The number of unbranched alkanes of at least 4 members (excludes halogenated alkanes) is 1. The molecule has 27 heavy (non-hydrogen) atoms. The van der Waals surface area contributed by atoms with Crippen molar-refractivity contribution in [1.82, 2.24) is 0 Å². The summed E-state index contributed by atoms with van der Waals surface area (Å²) in [5, 5.41) is 11.5. The van der Waals surface area contributed by atoms with Crippen molar-refractivity contribution < 1.29 is 32.4 Å². The first-order valence-electron chi connectivity index (χ1n) is 8.47. The van der Waals surface area contributed by atoms with E-state index in [1.54, 1.807) is 33.5 Å². The molecular formula is C16H26NO8RfSi. The maximum atomic E-state index is 11.5. The Bertz CT molecular complexity index is 592. The summed E-state index contributed by atoms with van der Waals surface area (Å²) < 4.78 is 32.7. The maximum absolute atomic E-state index is 11.5. The Hall–Kier alpha value is -2.72. The molecule has 0 atom stereocenters. The molecule has 1 aromatic rings. The van der Waals surface area contributed by atoms with Gasteiger partial charge in [-0.05, 0) is 0 Å². The second-order valence-corrected chi connectivity index (χ2v) is 10.5. The third kappa shape index (κ3) is 6.18. The summed E-state index contributed by atoms with van der Waals surface area (Å²) in [4.78, 5) is 11.0. The number of rotatable bonds is 14. The topological polar surface area (TPSA) is 98.5 Å². The Kier molecular flexibility index (Phi) is 9.17. The molecule has 0 aliphatic heterocycles. The van der Waals surface area contributed by atoms with E-state index in [4.69, 9.17) is 27.5 Å². The average molecular weight is 655 g/mol. The van der Waals surface area contributed by atoms with Gasteiger partial charge < -0.3 is 13.3 Å². The van der Waals surface area contributed by atoms with E-state index >= 15 is 0 Å². The molecule has 0 bridgehead atoms. The van der Waals surface area contributed by atoms with Gasteiger partial charge in [-0.2, -0.15) is 0 Å². The normalized spacial score (nSPS) is 11.5. The van der Waals surface area contributed by atoms with Gasteiger partial charge >= 0.3 is 119 Å². The van der Waals surface area contributed by atoms with Crippen LogP contribution in [0.2, 0.25) is 6.04 Å². The Morgan fingerprint density at radius 2 is 1.78 bits per heavy atom. The van der Waals surface area contributed by atoms with Crippen molar-refractivity contribution in [3.63, 3.8) is 0 Å². The number of hydrogen-bond donors (Lipinski definition) is 0. The van der Waals surface area contributed by atoms with Gasteiger partial charge in [-0.3, -0.25) is 0 Å². The van der Waals surface area contributed by atoms with E-state index in [2.05, 4.69) is 0 Å². The zero-order valence-electron chi connectivity index (χ0n) is 16.3. The van der Waals surface area contributed by atoms with E-state index in [-0.39, 0.29) is 18.0 Å². The molecular weight excluding hydrogens is 629 g/mol. The number of methoxy groups -OCH3 is 1. The first kappa shape index (κ1) is 22.3. The summed E-state index contributed by atoms with van der Waals surface area (Å²) in [7, 11) is 4.21. The first-order chi connectivity index (χ1) is 13.0. The zero-order chi connectivity index (χ0) is 20.3. The molecule has 0 spiro atoms. The molecule has 0 saturated heterocycles. The summed E-state index contributed by atoms with van der Waals surface area (Å²) in [5.41, 5.74) is 0.376. The summed E-state index contributed by atoms with van der Waals surface area (Å²) in [6, 6.07) is 3.84. The predicted molar refractivity (Wildman–Crippen MR) is 95.6 cm³/mol. The van der Waals surface area contributed by atoms with Crippen molar-refractivity contribution in [2.75, 3.05) is 42.2 Å². The molecule has 0 N–H and O–H groups in total. The van der Waals surface area contributed by atoms with Gasteiger partial charge in [0.2, 0.25) is 0 Å². The minimum absolute atomic E-state index is 0.0617. The third-order valence-corrected chi connectivity index (χ3v) is 7.77. The van der Waals surface area contributed by atoms with Crippen LogP contribution < -0.4 is 9.47 Å². The van der Waals surface area contributed by atoms with E-state index in [1.165, 1.54) is 7.11 Å². The van der Waals surface area contributed by atoms with Gasteiger partial charge in [0.15, 0.2) is 0 Å². The molecule has 1 aromatic carbocycles. The van der Waals surface area contributed by atoms with Crippen molar-refractivity contribution in [2.45, 2.75) is 25.5 Å². The number of nitrogens with zero attached hydrogens (tertiary/aromatic N) is 1. The molecule has 149 valence electrons. The Morgan fingerprint density at radius 3 is 2.30 bits per heavy atom. The second-order valence-electron chi connectivity index (χ2n) is 5.54. The van der Waals surface area contributed by atoms with Crippen LogP contribution in [0.1, 0.15) is 18.4 Å².